The van der Waals surface area contributed by atoms with Gasteiger partial charge in [-0.2, -0.15) is 0 Å². The van der Waals surface area contributed by atoms with Crippen LogP contribution in [-0.4, -0.2) is 27.7 Å². The first-order valence-electron chi connectivity index (χ1n) is 5.24. The summed E-state index contributed by atoms with van der Waals surface area (Å²) in [7, 11) is 0. The van der Waals surface area contributed by atoms with Crippen LogP contribution in [0.25, 0.3) is 0 Å². The zero-order chi connectivity index (χ0) is 13.7. The molecule has 0 spiro atoms. The third-order valence-corrected chi connectivity index (χ3v) is 2.96. The van der Waals surface area contributed by atoms with Crippen molar-refractivity contribution in [1.29, 1.82) is 0 Å². The molecule has 6 nitrogen and oxygen atoms in total. The Morgan fingerprint density at radius 3 is 2.74 bits per heavy atom. The summed E-state index contributed by atoms with van der Waals surface area (Å²) in [5.41, 5.74) is 7.76. The molecule has 0 saturated heterocycles. The van der Waals surface area contributed by atoms with Crippen molar-refractivity contribution in [3.8, 4) is 5.75 Å². The largest absolute Gasteiger partial charge is 0.484 e. The zero-order valence-electron chi connectivity index (χ0n) is 9.70. The lowest BCUT2D eigenvalue weighted by atomic mass is 10.2. The van der Waals surface area contributed by atoms with Crippen LogP contribution >= 0.6 is 23.6 Å². The van der Waals surface area contributed by atoms with Gasteiger partial charge in [-0.05, 0) is 24.3 Å². The second kappa shape index (κ2) is 6.21. The van der Waals surface area contributed by atoms with Gasteiger partial charge in [0.25, 0.3) is 5.91 Å². The fourth-order valence-corrected chi connectivity index (χ4v) is 1.84. The van der Waals surface area contributed by atoms with E-state index in [2.05, 4.69) is 15.5 Å². The van der Waals surface area contributed by atoms with Crippen molar-refractivity contribution in [3.05, 3.63) is 35.3 Å². The highest BCUT2D eigenvalue weighted by atomic mass is 32.1. The highest BCUT2D eigenvalue weighted by Crippen LogP contribution is 2.12. The van der Waals surface area contributed by atoms with Gasteiger partial charge in [0.1, 0.15) is 16.2 Å². The third-order valence-electron chi connectivity index (χ3n) is 2.12. The van der Waals surface area contributed by atoms with Gasteiger partial charge >= 0.3 is 0 Å². The van der Waals surface area contributed by atoms with Gasteiger partial charge in [0.05, 0.1) is 0 Å². The molecule has 0 unspecified atom stereocenters. The van der Waals surface area contributed by atoms with Crippen LogP contribution in [0.15, 0.2) is 29.8 Å². The van der Waals surface area contributed by atoms with Crippen LogP contribution < -0.4 is 15.8 Å². The van der Waals surface area contributed by atoms with Crippen molar-refractivity contribution in [2.24, 2.45) is 5.73 Å². The number of nitrogens with two attached hydrogens (primary N) is 1. The highest BCUT2D eigenvalue weighted by molar-refractivity contribution is 7.80. The molecule has 0 aliphatic heterocycles. The van der Waals surface area contributed by atoms with E-state index in [4.69, 9.17) is 22.7 Å². The molecule has 19 heavy (non-hydrogen) atoms. The molecule has 1 amide bonds. The van der Waals surface area contributed by atoms with Crippen LogP contribution in [-0.2, 0) is 4.79 Å². The maximum Gasteiger partial charge on any atom is 0.264 e. The fraction of sp³-hybridized carbons (Fsp3) is 0.0909. The highest BCUT2D eigenvalue weighted by Gasteiger charge is 2.06. The number of benzene rings is 1. The summed E-state index contributed by atoms with van der Waals surface area (Å²) < 4.78 is 5.31. The number of amides is 1. The van der Waals surface area contributed by atoms with Gasteiger partial charge in [-0.25, -0.2) is 0 Å². The van der Waals surface area contributed by atoms with Crippen molar-refractivity contribution >= 4 is 39.6 Å². The van der Waals surface area contributed by atoms with Gasteiger partial charge < -0.3 is 10.5 Å². The number of thiocarbonyl (C=S) groups is 1. The molecule has 2 rings (SSSR count). The van der Waals surface area contributed by atoms with Crippen molar-refractivity contribution in [2.75, 3.05) is 11.9 Å². The lowest BCUT2D eigenvalue weighted by Gasteiger charge is -2.06. The average molecular weight is 294 g/mol. The maximum absolute atomic E-state index is 11.5. The second-order valence-corrected chi connectivity index (χ2v) is 4.74. The number of anilines is 1. The Kier molecular flexibility index (Phi) is 4.37. The average Bonchev–Trinajstić information content (AvgIpc) is 2.89. The standard InChI is InChI=1S/C11H10N4O2S2/c12-10(18)7-1-3-8(4-2-7)17-5-9(16)14-11-15-13-6-19-11/h1-4,6H,5H2,(H2,12,18)(H,14,15,16). The number of aromatic nitrogens is 2. The van der Waals surface area contributed by atoms with E-state index >= 15 is 0 Å². The molecule has 1 aromatic heterocycles. The molecular formula is C11H10N4O2S2. The minimum atomic E-state index is -0.296. The van der Waals surface area contributed by atoms with Crippen LogP contribution in [0.1, 0.15) is 5.56 Å². The summed E-state index contributed by atoms with van der Waals surface area (Å²) in [6.45, 7) is -0.105. The molecule has 0 radical (unpaired) electrons. The molecule has 0 atom stereocenters. The molecule has 0 aliphatic rings. The lowest BCUT2D eigenvalue weighted by molar-refractivity contribution is -0.118. The Balaban J connectivity index is 1.84. The first kappa shape index (κ1) is 13.4. The lowest BCUT2D eigenvalue weighted by Crippen LogP contribution is -2.20. The number of carbonyl (C=O) groups is 1. The summed E-state index contributed by atoms with van der Waals surface area (Å²) in [5, 5.41) is 10.3. The first-order chi connectivity index (χ1) is 9.15. The van der Waals surface area contributed by atoms with E-state index in [1.807, 2.05) is 0 Å². The molecule has 98 valence electrons. The molecular weight excluding hydrogens is 284 g/mol. The van der Waals surface area contributed by atoms with Crippen molar-refractivity contribution < 1.29 is 9.53 Å². The Morgan fingerprint density at radius 2 is 2.16 bits per heavy atom. The Morgan fingerprint density at radius 1 is 1.42 bits per heavy atom. The van der Waals surface area contributed by atoms with Crippen LogP contribution in [0, 0.1) is 0 Å². The number of nitrogens with zero attached hydrogens (tertiary/aromatic N) is 2. The van der Waals surface area contributed by atoms with Gasteiger partial charge in [0, 0.05) is 5.56 Å². The van der Waals surface area contributed by atoms with Gasteiger partial charge in [0.2, 0.25) is 5.13 Å². The van der Waals surface area contributed by atoms with Crippen molar-refractivity contribution in [2.45, 2.75) is 0 Å². The summed E-state index contributed by atoms with van der Waals surface area (Å²) in [5.74, 6) is 0.266. The number of carbonyl (C=O) groups excluding carboxylic acids is 1. The first-order valence-corrected chi connectivity index (χ1v) is 6.52. The van der Waals surface area contributed by atoms with Crippen molar-refractivity contribution in [3.63, 3.8) is 0 Å². The number of rotatable bonds is 5. The number of hydrogen-bond donors (Lipinski definition) is 2. The van der Waals surface area contributed by atoms with E-state index in [-0.39, 0.29) is 12.5 Å². The Bertz CT molecular complexity index is 569. The smallest absolute Gasteiger partial charge is 0.264 e. The maximum atomic E-state index is 11.5. The topological polar surface area (TPSA) is 90.1 Å². The summed E-state index contributed by atoms with van der Waals surface area (Å²) in [4.78, 5) is 11.8. The van der Waals surface area contributed by atoms with Gasteiger partial charge in [-0.15, -0.1) is 10.2 Å². The predicted octanol–water partition coefficient (Wildman–Crippen LogP) is 1.19. The minimum Gasteiger partial charge on any atom is -0.484 e. The summed E-state index contributed by atoms with van der Waals surface area (Å²) >= 11 is 6.08. The molecule has 8 heteroatoms. The monoisotopic (exact) mass is 294 g/mol. The second-order valence-electron chi connectivity index (χ2n) is 3.47. The molecule has 1 aromatic carbocycles. The zero-order valence-corrected chi connectivity index (χ0v) is 11.3. The minimum absolute atomic E-state index is 0.105. The molecule has 0 bridgehead atoms. The van der Waals surface area contributed by atoms with E-state index in [0.29, 0.717) is 15.9 Å². The quantitative estimate of drug-likeness (QED) is 0.805. The van der Waals surface area contributed by atoms with Crippen LogP contribution in [0.3, 0.4) is 0 Å². The number of nitrogens with one attached hydrogen (secondary N) is 1. The Labute approximate surface area is 118 Å². The van der Waals surface area contributed by atoms with E-state index in [0.717, 1.165) is 5.56 Å². The molecule has 0 fully saturated rings. The van der Waals surface area contributed by atoms with E-state index < -0.39 is 0 Å². The van der Waals surface area contributed by atoms with Crippen LogP contribution in [0.5, 0.6) is 5.75 Å². The molecule has 2 aromatic rings. The number of ether oxygens (including phenoxy) is 1. The fourth-order valence-electron chi connectivity index (χ4n) is 1.25. The molecule has 3 N–H and O–H groups in total. The van der Waals surface area contributed by atoms with Crippen LogP contribution in [0.2, 0.25) is 0 Å². The summed E-state index contributed by atoms with van der Waals surface area (Å²) in [6.07, 6.45) is 0. The number of hydrogen-bond acceptors (Lipinski definition) is 6. The normalized spacial score (nSPS) is 9.89. The van der Waals surface area contributed by atoms with E-state index in [1.54, 1.807) is 24.3 Å². The molecule has 1 heterocycles. The summed E-state index contributed by atoms with van der Waals surface area (Å²) in [6, 6.07) is 6.88. The third kappa shape index (κ3) is 3.97. The van der Waals surface area contributed by atoms with Crippen LogP contribution in [0.4, 0.5) is 5.13 Å². The van der Waals surface area contributed by atoms with E-state index in [9.17, 15) is 4.79 Å². The molecule has 0 aliphatic carbocycles. The van der Waals surface area contributed by atoms with Gasteiger partial charge in [-0.1, -0.05) is 23.6 Å². The van der Waals surface area contributed by atoms with E-state index in [1.165, 1.54) is 16.8 Å². The van der Waals surface area contributed by atoms with Gasteiger partial charge in [-0.3, -0.25) is 10.1 Å². The SMILES string of the molecule is NC(=S)c1ccc(OCC(=O)Nc2nncs2)cc1. The van der Waals surface area contributed by atoms with Crippen molar-refractivity contribution in [1.82, 2.24) is 10.2 Å². The predicted molar refractivity (Wildman–Crippen MR) is 76.4 cm³/mol. The Hall–Kier alpha value is -2.06. The molecule has 0 saturated carbocycles. The van der Waals surface area contributed by atoms with Gasteiger partial charge in [0.15, 0.2) is 6.61 Å².